The van der Waals surface area contributed by atoms with Crippen LogP contribution < -0.4 is 11.1 Å². The van der Waals surface area contributed by atoms with E-state index in [9.17, 15) is 4.39 Å². The molecule has 0 amide bonds. The number of nitrogens with two attached hydrogens (primary N) is 1. The van der Waals surface area contributed by atoms with Crippen LogP contribution >= 0.6 is 0 Å². The van der Waals surface area contributed by atoms with Crippen molar-refractivity contribution in [1.29, 1.82) is 0 Å². The van der Waals surface area contributed by atoms with Crippen LogP contribution in [-0.2, 0) is 6.42 Å². The second-order valence-electron chi connectivity index (χ2n) is 4.30. The molecule has 4 nitrogen and oxygen atoms in total. The van der Waals surface area contributed by atoms with Crippen molar-refractivity contribution in [3.63, 3.8) is 0 Å². The van der Waals surface area contributed by atoms with Gasteiger partial charge in [-0.05, 0) is 36.7 Å². The molecule has 0 fully saturated rings. The highest BCUT2D eigenvalue weighted by Gasteiger charge is 2.15. The lowest BCUT2D eigenvalue weighted by Crippen LogP contribution is -2.24. The molecule has 0 saturated carbocycles. The molecule has 2 rings (SSSR count). The van der Waals surface area contributed by atoms with Crippen molar-refractivity contribution in [2.45, 2.75) is 19.4 Å². The fourth-order valence-corrected chi connectivity index (χ4v) is 2.06. The van der Waals surface area contributed by atoms with Crippen molar-refractivity contribution < 1.29 is 4.39 Å². The first kappa shape index (κ1) is 13.4. The fraction of sp³-hybridized carbons (Fsp3) is 0.286. The molecule has 2 heterocycles. The van der Waals surface area contributed by atoms with Gasteiger partial charge in [-0.15, -0.1) is 0 Å². The van der Waals surface area contributed by atoms with E-state index in [0.717, 1.165) is 12.1 Å². The van der Waals surface area contributed by atoms with Crippen molar-refractivity contribution in [2.24, 2.45) is 0 Å². The molecular formula is C14H17FN4. The van der Waals surface area contributed by atoms with E-state index in [0.29, 0.717) is 17.8 Å². The van der Waals surface area contributed by atoms with Crippen molar-refractivity contribution in [3.8, 4) is 0 Å². The summed E-state index contributed by atoms with van der Waals surface area (Å²) >= 11 is 0. The Morgan fingerprint density at radius 3 is 2.89 bits per heavy atom. The summed E-state index contributed by atoms with van der Waals surface area (Å²) in [5.74, 6) is 0.179. The minimum atomic E-state index is -0.296. The predicted molar refractivity (Wildman–Crippen MR) is 73.0 cm³/mol. The van der Waals surface area contributed by atoms with Gasteiger partial charge in [0.1, 0.15) is 11.6 Å². The molecular weight excluding hydrogens is 243 g/mol. The Morgan fingerprint density at radius 1 is 1.37 bits per heavy atom. The predicted octanol–water partition coefficient (Wildman–Crippen LogP) is 2.09. The average Bonchev–Trinajstić information content (AvgIpc) is 2.39. The van der Waals surface area contributed by atoms with Crippen LogP contribution in [0.5, 0.6) is 0 Å². The molecule has 0 spiro atoms. The summed E-state index contributed by atoms with van der Waals surface area (Å²) < 4.78 is 13.8. The first-order valence-electron chi connectivity index (χ1n) is 6.24. The highest BCUT2D eigenvalue weighted by Crippen LogP contribution is 2.21. The molecule has 0 aliphatic rings. The maximum absolute atomic E-state index is 13.8. The summed E-state index contributed by atoms with van der Waals surface area (Å²) in [5, 5.41) is 3.28. The van der Waals surface area contributed by atoms with Crippen molar-refractivity contribution in [2.75, 3.05) is 12.3 Å². The van der Waals surface area contributed by atoms with E-state index >= 15 is 0 Å². The van der Waals surface area contributed by atoms with E-state index in [4.69, 9.17) is 5.73 Å². The molecule has 5 heteroatoms. The van der Waals surface area contributed by atoms with Gasteiger partial charge in [0.05, 0.1) is 6.20 Å². The average molecular weight is 260 g/mol. The molecule has 19 heavy (non-hydrogen) atoms. The van der Waals surface area contributed by atoms with Crippen LogP contribution in [-0.4, -0.2) is 16.5 Å². The number of pyridine rings is 2. The Bertz CT molecular complexity index is 544. The third-order valence-corrected chi connectivity index (χ3v) is 2.92. The smallest absolute Gasteiger partial charge is 0.146 e. The van der Waals surface area contributed by atoms with Crippen LogP contribution in [0.4, 0.5) is 10.2 Å². The van der Waals surface area contributed by atoms with E-state index < -0.39 is 0 Å². The van der Waals surface area contributed by atoms with Crippen molar-refractivity contribution >= 4 is 5.82 Å². The summed E-state index contributed by atoms with van der Waals surface area (Å²) in [6.45, 7) is 2.75. The summed E-state index contributed by atoms with van der Waals surface area (Å²) in [7, 11) is 0. The van der Waals surface area contributed by atoms with Gasteiger partial charge in [0.25, 0.3) is 0 Å². The second-order valence-corrected chi connectivity index (χ2v) is 4.30. The number of nitrogen functional groups attached to an aromatic ring is 1. The number of aromatic nitrogens is 2. The highest BCUT2D eigenvalue weighted by atomic mass is 19.1. The third-order valence-electron chi connectivity index (χ3n) is 2.92. The minimum Gasteiger partial charge on any atom is -0.384 e. The van der Waals surface area contributed by atoms with E-state index in [1.54, 1.807) is 18.5 Å². The Hall–Kier alpha value is -2.01. The lowest BCUT2D eigenvalue weighted by molar-refractivity contribution is 0.507. The summed E-state index contributed by atoms with van der Waals surface area (Å²) in [6.07, 6.45) is 5.16. The zero-order valence-electron chi connectivity index (χ0n) is 10.8. The largest absolute Gasteiger partial charge is 0.384 e. The number of nitrogens with zero attached hydrogens (tertiary/aromatic N) is 2. The van der Waals surface area contributed by atoms with Gasteiger partial charge < -0.3 is 11.1 Å². The molecule has 0 aliphatic carbocycles. The Morgan fingerprint density at radius 2 is 2.21 bits per heavy atom. The standard InChI is InChI=1S/C14H17FN4/c1-2-18-13(11-4-5-17-9-12(11)15)7-10-3-6-19-14(16)8-10/h3-6,8-9,13,18H,2,7H2,1H3,(H2,16,19). The molecule has 0 saturated heterocycles. The number of rotatable bonds is 5. The van der Waals surface area contributed by atoms with Gasteiger partial charge in [0.15, 0.2) is 0 Å². The molecule has 3 N–H and O–H groups in total. The third kappa shape index (κ3) is 3.48. The first-order chi connectivity index (χ1) is 9.20. The Labute approximate surface area is 111 Å². The summed E-state index contributed by atoms with van der Waals surface area (Å²) in [5.41, 5.74) is 7.30. The number of halogens is 1. The molecule has 0 aromatic carbocycles. The van der Waals surface area contributed by atoms with Gasteiger partial charge in [0, 0.05) is 24.0 Å². The molecule has 2 aromatic rings. The lowest BCUT2D eigenvalue weighted by Gasteiger charge is -2.19. The Kier molecular flexibility index (Phi) is 4.41. The second kappa shape index (κ2) is 6.24. The summed E-state index contributed by atoms with van der Waals surface area (Å²) in [4.78, 5) is 7.73. The molecule has 100 valence electrons. The van der Waals surface area contributed by atoms with Crippen LogP contribution in [0.1, 0.15) is 24.1 Å². The highest BCUT2D eigenvalue weighted by molar-refractivity contribution is 5.33. The van der Waals surface area contributed by atoms with E-state index in [2.05, 4.69) is 15.3 Å². The topological polar surface area (TPSA) is 63.8 Å². The summed E-state index contributed by atoms with van der Waals surface area (Å²) in [6, 6.07) is 5.30. The van der Waals surface area contributed by atoms with Gasteiger partial charge in [-0.25, -0.2) is 9.37 Å². The van der Waals surface area contributed by atoms with Crippen LogP contribution in [0.25, 0.3) is 0 Å². The van der Waals surface area contributed by atoms with Gasteiger partial charge in [-0.3, -0.25) is 4.98 Å². The van der Waals surface area contributed by atoms with Crippen molar-refractivity contribution in [3.05, 3.63) is 53.7 Å². The first-order valence-corrected chi connectivity index (χ1v) is 6.24. The van der Waals surface area contributed by atoms with Crippen LogP contribution in [0.3, 0.4) is 0 Å². The molecule has 1 unspecified atom stereocenters. The van der Waals surface area contributed by atoms with Gasteiger partial charge in [-0.1, -0.05) is 6.92 Å². The number of anilines is 1. The zero-order valence-corrected chi connectivity index (χ0v) is 10.8. The monoisotopic (exact) mass is 260 g/mol. The SMILES string of the molecule is CCNC(Cc1ccnc(N)c1)c1ccncc1F. The fourth-order valence-electron chi connectivity index (χ4n) is 2.06. The number of likely N-dealkylation sites (N-methyl/N-ethyl adjacent to an activating group) is 1. The van der Waals surface area contributed by atoms with Gasteiger partial charge >= 0.3 is 0 Å². The maximum atomic E-state index is 13.8. The molecule has 0 radical (unpaired) electrons. The molecule has 0 bridgehead atoms. The van der Waals surface area contributed by atoms with Gasteiger partial charge in [-0.2, -0.15) is 0 Å². The van der Waals surface area contributed by atoms with Crippen molar-refractivity contribution in [1.82, 2.24) is 15.3 Å². The maximum Gasteiger partial charge on any atom is 0.146 e. The molecule has 2 aromatic heterocycles. The number of nitrogens with one attached hydrogen (secondary N) is 1. The number of hydrogen-bond acceptors (Lipinski definition) is 4. The quantitative estimate of drug-likeness (QED) is 0.864. The van der Waals surface area contributed by atoms with Gasteiger partial charge in [0.2, 0.25) is 0 Å². The lowest BCUT2D eigenvalue weighted by atomic mass is 10.00. The zero-order chi connectivity index (χ0) is 13.7. The van der Waals surface area contributed by atoms with E-state index in [1.165, 1.54) is 6.20 Å². The Balaban J connectivity index is 2.24. The number of hydrogen-bond donors (Lipinski definition) is 2. The normalized spacial score (nSPS) is 12.3. The van der Waals surface area contributed by atoms with Crippen LogP contribution in [0.2, 0.25) is 0 Å². The minimum absolute atomic E-state index is 0.102. The van der Waals surface area contributed by atoms with Crippen LogP contribution in [0, 0.1) is 5.82 Å². The molecule has 1 atom stereocenters. The van der Waals surface area contributed by atoms with Crippen LogP contribution in [0.15, 0.2) is 36.8 Å². The van der Waals surface area contributed by atoms with E-state index in [1.807, 2.05) is 19.1 Å². The van der Waals surface area contributed by atoms with E-state index in [-0.39, 0.29) is 11.9 Å². The molecule has 0 aliphatic heterocycles.